The van der Waals surface area contributed by atoms with Gasteiger partial charge in [0.2, 0.25) is 0 Å². The molecule has 0 fully saturated rings. The molecule has 3 rings (SSSR count). The number of methoxy groups -OCH3 is 1. The first-order valence-electron chi connectivity index (χ1n) is 7.17. The Morgan fingerprint density at radius 3 is 2.91 bits per heavy atom. The molecule has 3 aromatic heterocycles. The smallest absolute Gasteiger partial charge is 0.258 e. The molecule has 0 saturated heterocycles. The lowest BCUT2D eigenvalue weighted by Crippen LogP contribution is -2.19. The van der Waals surface area contributed by atoms with Crippen molar-refractivity contribution in [2.45, 2.75) is 19.9 Å². The zero-order valence-electron chi connectivity index (χ0n) is 12.8. The van der Waals surface area contributed by atoms with E-state index in [2.05, 4.69) is 39.1 Å². The van der Waals surface area contributed by atoms with Gasteiger partial charge in [0.05, 0.1) is 12.8 Å². The zero-order valence-corrected chi connectivity index (χ0v) is 12.8. The van der Waals surface area contributed by atoms with Crippen molar-refractivity contribution in [3.05, 3.63) is 36.5 Å². The second-order valence-corrected chi connectivity index (χ2v) is 4.88. The third-order valence-electron chi connectivity index (χ3n) is 3.40. The summed E-state index contributed by atoms with van der Waals surface area (Å²) in [4.78, 5) is 17.6. The van der Waals surface area contributed by atoms with E-state index >= 15 is 0 Å². The monoisotopic (exact) mass is 298 g/mol. The molecule has 0 aliphatic heterocycles. The number of imidazole rings is 1. The third-order valence-corrected chi connectivity index (χ3v) is 3.40. The number of fused-ring (bicyclic) bond motifs is 1. The molecule has 0 spiro atoms. The number of nitrogens with zero attached hydrogens (tertiary/aromatic N) is 5. The number of nitrogens with one attached hydrogen (secondary N) is 1. The summed E-state index contributed by atoms with van der Waals surface area (Å²) in [5.74, 6) is 1.02. The van der Waals surface area contributed by atoms with E-state index in [1.54, 1.807) is 19.5 Å². The van der Waals surface area contributed by atoms with Crippen molar-refractivity contribution in [3.8, 4) is 17.4 Å². The molecule has 0 aliphatic rings. The molecule has 22 heavy (non-hydrogen) atoms. The van der Waals surface area contributed by atoms with Gasteiger partial charge < -0.3 is 14.5 Å². The minimum absolute atomic E-state index is 0.158. The van der Waals surface area contributed by atoms with Gasteiger partial charge in [-0.15, -0.1) is 0 Å². The van der Waals surface area contributed by atoms with Crippen LogP contribution in [0.1, 0.15) is 25.6 Å². The van der Waals surface area contributed by atoms with E-state index in [4.69, 9.17) is 4.74 Å². The summed E-state index contributed by atoms with van der Waals surface area (Å²) in [7, 11) is 1.57. The maximum atomic E-state index is 5.30. The fourth-order valence-corrected chi connectivity index (χ4v) is 2.30. The van der Waals surface area contributed by atoms with Crippen molar-refractivity contribution >= 4 is 5.65 Å². The van der Waals surface area contributed by atoms with E-state index in [1.165, 1.54) is 0 Å². The first kappa shape index (κ1) is 14.4. The quantitative estimate of drug-likeness (QED) is 0.775. The van der Waals surface area contributed by atoms with Crippen molar-refractivity contribution in [3.63, 3.8) is 0 Å². The molecule has 7 nitrogen and oxygen atoms in total. The van der Waals surface area contributed by atoms with Crippen LogP contribution in [-0.2, 0) is 0 Å². The van der Waals surface area contributed by atoms with Crippen LogP contribution in [0.3, 0.4) is 0 Å². The van der Waals surface area contributed by atoms with Crippen LogP contribution >= 0.6 is 0 Å². The van der Waals surface area contributed by atoms with E-state index in [0.29, 0.717) is 23.0 Å². The number of rotatable bonds is 5. The molecule has 3 heterocycles. The third kappa shape index (κ3) is 2.62. The molecular formula is C15H18N6O. The summed E-state index contributed by atoms with van der Waals surface area (Å²) in [6.07, 6.45) is 7.14. The highest BCUT2D eigenvalue weighted by atomic mass is 16.5. The number of ether oxygens (including phenoxy) is 1. The normalized spacial score (nSPS) is 12.5. The molecular weight excluding hydrogens is 280 g/mol. The highest BCUT2D eigenvalue weighted by molar-refractivity contribution is 5.57. The molecule has 1 atom stereocenters. The second-order valence-electron chi connectivity index (χ2n) is 4.88. The molecule has 1 N–H and O–H groups in total. The van der Waals surface area contributed by atoms with Crippen LogP contribution in [0.2, 0.25) is 0 Å². The lowest BCUT2D eigenvalue weighted by atomic mass is 10.2. The van der Waals surface area contributed by atoms with Gasteiger partial charge in [0.15, 0.2) is 11.5 Å². The van der Waals surface area contributed by atoms with Gasteiger partial charge in [-0.1, -0.05) is 6.92 Å². The van der Waals surface area contributed by atoms with E-state index in [-0.39, 0.29) is 6.04 Å². The molecule has 0 aromatic carbocycles. The Balaban J connectivity index is 2.05. The van der Waals surface area contributed by atoms with E-state index in [9.17, 15) is 0 Å². The van der Waals surface area contributed by atoms with Crippen molar-refractivity contribution in [2.24, 2.45) is 0 Å². The Hall–Kier alpha value is -2.54. The summed E-state index contributed by atoms with van der Waals surface area (Å²) in [6.45, 7) is 5.02. The van der Waals surface area contributed by atoms with Gasteiger partial charge in [-0.05, 0) is 19.5 Å². The van der Waals surface area contributed by atoms with Crippen LogP contribution in [0.5, 0.6) is 5.88 Å². The summed E-state index contributed by atoms with van der Waals surface area (Å²) >= 11 is 0. The molecule has 114 valence electrons. The van der Waals surface area contributed by atoms with Gasteiger partial charge >= 0.3 is 0 Å². The predicted octanol–water partition coefficient (Wildman–Crippen LogP) is 1.87. The molecule has 7 heteroatoms. The van der Waals surface area contributed by atoms with E-state index in [0.717, 1.165) is 12.2 Å². The average molecular weight is 298 g/mol. The molecule has 0 aliphatic carbocycles. The predicted molar refractivity (Wildman–Crippen MR) is 82.7 cm³/mol. The lowest BCUT2D eigenvalue weighted by Gasteiger charge is -2.12. The van der Waals surface area contributed by atoms with Crippen LogP contribution in [-0.4, -0.2) is 38.0 Å². The van der Waals surface area contributed by atoms with Gasteiger partial charge in [0.1, 0.15) is 5.69 Å². The Kier molecular flexibility index (Phi) is 3.97. The van der Waals surface area contributed by atoms with Crippen molar-refractivity contribution in [1.82, 2.24) is 29.7 Å². The molecule has 1 unspecified atom stereocenters. The maximum absolute atomic E-state index is 5.30. The summed E-state index contributed by atoms with van der Waals surface area (Å²) in [6, 6.07) is 2.06. The summed E-state index contributed by atoms with van der Waals surface area (Å²) in [5, 5.41) is 3.34. The molecule has 0 amide bonds. The van der Waals surface area contributed by atoms with E-state index < -0.39 is 0 Å². The standard InChI is InChI=1S/C15H18N6O/c1-4-16-10(2)11-5-6-17-13(19-11)12-9-21-8-7-18-14(21)15(20-12)22-3/h5-10,16H,4H2,1-3H3. The molecule has 0 bridgehead atoms. The van der Waals surface area contributed by atoms with Crippen LogP contribution < -0.4 is 10.1 Å². The number of aromatic nitrogens is 5. The lowest BCUT2D eigenvalue weighted by molar-refractivity contribution is 0.400. The fourth-order valence-electron chi connectivity index (χ4n) is 2.30. The second kappa shape index (κ2) is 6.07. The summed E-state index contributed by atoms with van der Waals surface area (Å²) < 4.78 is 7.15. The SMILES string of the molecule is CCNC(C)c1ccnc(-c2cn3ccnc3c(OC)n2)n1. The summed E-state index contributed by atoms with van der Waals surface area (Å²) in [5.41, 5.74) is 2.25. The van der Waals surface area contributed by atoms with Crippen LogP contribution in [0.25, 0.3) is 17.2 Å². The Labute approximate surface area is 128 Å². The first-order valence-corrected chi connectivity index (χ1v) is 7.17. The zero-order chi connectivity index (χ0) is 15.5. The minimum atomic E-state index is 0.158. The van der Waals surface area contributed by atoms with Gasteiger partial charge in [-0.3, -0.25) is 0 Å². The van der Waals surface area contributed by atoms with Crippen LogP contribution in [0.4, 0.5) is 0 Å². The number of hydrogen-bond acceptors (Lipinski definition) is 6. The van der Waals surface area contributed by atoms with Gasteiger partial charge in [-0.2, -0.15) is 0 Å². The topological polar surface area (TPSA) is 77.2 Å². The van der Waals surface area contributed by atoms with E-state index in [1.807, 2.05) is 22.9 Å². The van der Waals surface area contributed by atoms with Crippen molar-refractivity contribution < 1.29 is 4.74 Å². The first-order chi connectivity index (χ1) is 10.7. The Bertz CT molecular complexity index is 785. The maximum Gasteiger partial charge on any atom is 0.258 e. The minimum Gasteiger partial charge on any atom is -0.478 e. The van der Waals surface area contributed by atoms with Gasteiger partial charge in [-0.25, -0.2) is 19.9 Å². The molecule has 0 radical (unpaired) electrons. The number of hydrogen-bond donors (Lipinski definition) is 1. The molecule has 3 aromatic rings. The average Bonchev–Trinajstić information content (AvgIpc) is 3.02. The Morgan fingerprint density at radius 1 is 1.27 bits per heavy atom. The van der Waals surface area contributed by atoms with Crippen LogP contribution in [0.15, 0.2) is 30.9 Å². The van der Waals surface area contributed by atoms with Gasteiger partial charge in [0.25, 0.3) is 5.88 Å². The Morgan fingerprint density at radius 2 is 2.14 bits per heavy atom. The van der Waals surface area contributed by atoms with Crippen LogP contribution in [0, 0.1) is 0 Å². The highest BCUT2D eigenvalue weighted by Crippen LogP contribution is 2.21. The highest BCUT2D eigenvalue weighted by Gasteiger charge is 2.13. The largest absolute Gasteiger partial charge is 0.478 e. The van der Waals surface area contributed by atoms with Crippen molar-refractivity contribution in [1.29, 1.82) is 0 Å². The van der Waals surface area contributed by atoms with Gasteiger partial charge in [0, 0.05) is 30.8 Å². The fraction of sp³-hybridized carbons (Fsp3) is 0.333. The molecule has 0 saturated carbocycles. The van der Waals surface area contributed by atoms with Crippen molar-refractivity contribution in [2.75, 3.05) is 13.7 Å².